The zero-order valence-corrected chi connectivity index (χ0v) is 19.2. The number of nitrogens with zero attached hydrogens (tertiary/aromatic N) is 2. The van der Waals surface area contributed by atoms with Gasteiger partial charge >= 0.3 is 5.97 Å². The highest BCUT2D eigenvalue weighted by Gasteiger charge is 2.33. The van der Waals surface area contributed by atoms with Crippen LogP contribution in [0.2, 0.25) is 5.02 Å². The zero-order chi connectivity index (χ0) is 22.9. The van der Waals surface area contributed by atoms with Gasteiger partial charge in [0, 0.05) is 18.5 Å². The number of sulfonamides is 1. The number of aryl methyl sites for hydroxylation is 1. The number of hydrogen-bond donors (Lipinski definition) is 0. The lowest BCUT2D eigenvalue weighted by molar-refractivity contribution is 0.0474. The Kier molecular flexibility index (Phi) is 6.35. The van der Waals surface area contributed by atoms with E-state index >= 15 is 0 Å². The van der Waals surface area contributed by atoms with E-state index < -0.39 is 22.6 Å². The summed E-state index contributed by atoms with van der Waals surface area (Å²) >= 11 is 6.34. The van der Waals surface area contributed by atoms with Crippen molar-refractivity contribution in [2.75, 3.05) is 18.1 Å². The van der Waals surface area contributed by atoms with Crippen LogP contribution >= 0.6 is 11.6 Å². The molecule has 0 N–H and O–H groups in total. The number of anilines is 1. The molecule has 9 heteroatoms. The van der Waals surface area contributed by atoms with Crippen LogP contribution in [-0.4, -0.2) is 39.2 Å². The number of Topliss-reactive ketones (excluding diaryl/α,β-unsaturated/α-hetero) is 1. The fourth-order valence-corrected chi connectivity index (χ4v) is 5.37. The third-order valence-electron chi connectivity index (χ3n) is 5.67. The predicted molar refractivity (Wildman–Crippen MR) is 122 cm³/mol. The molecule has 168 valence electrons. The quantitative estimate of drug-likeness (QED) is 0.470. The number of ether oxygens (including phenoxy) is 1. The maximum Gasteiger partial charge on any atom is 0.340 e. The van der Waals surface area contributed by atoms with Crippen molar-refractivity contribution in [3.8, 4) is 0 Å². The van der Waals surface area contributed by atoms with Crippen molar-refractivity contribution < 1.29 is 22.7 Å². The first-order chi connectivity index (χ1) is 15.3. The number of esters is 1. The highest BCUT2D eigenvalue weighted by molar-refractivity contribution is 7.90. The van der Waals surface area contributed by atoms with Crippen LogP contribution in [-0.2, 0) is 21.2 Å². The fraction of sp³-hybridized carbons (Fsp3) is 0.348. The maximum absolute atomic E-state index is 12.8. The van der Waals surface area contributed by atoms with E-state index in [0.717, 1.165) is 31.2 Å². The predicted octanol–water partition coefficient (Wildman–Crippen LogP) is 4.42. The Hall–Kier alpha value is -2.71. The second-order valence-corrected chi connectivity index (χ2v) is 9.77. The summed E-state index contributed by atoms with van der Waals surface area (Å²) in [6, 6.07) is 9.72. The summed E-state index contributed by atoms with van der Waals surface area (Å²) in [7, 11) is -3.97. The van der Waals surface area contributed by atoms with Gasteiger partial charge in [0.15, 0.2) is 12.4 Å². The Labute approximate surface area is 192 Å². The van der Waals surface area contributed by atoms with E-state index in [-0.39, 0.29) is 21.3 Å². The zero-order valence-electron chi connectivity index (χ0n) is 17.6. The molecule has 0 amide bonds. The van der Waals surface area contributed by atoms with Gasteiger partial charge < -0.3 is 9.64 Å². The summed E-state index contributed by atoms with van der Waals surface area (Å²) < 4.78 is 34.6. The number of hydrogen-bond acceptors (Lipinski definition) is 6. The minimum absolute atomic E-state index is 0.0641. The minimum Gasteiger partial charge on any atom is -0.454 e. The molecule has 0 unspecified atom stereocenters. The van der Waals surface area contributed by atoms with Crippen LogP contribution in [0.3, 0.4) is 0 Å². The van der Waals surface area contributed by atoms with Gasteiger partial charge in [0.1, 0.15) is 10.7 Å². The lowest BCUT2D eigenvalue weighted by atomic mass is 10.1. The Balaban J connectivity index is 1.56. The standard InChI is InChI=1S/C23H23ClN2O5S/c1-2-15-7-9-16(10-8-15)20(27)14-31-23(28)17-12-21-19(13-18(17)24)26-11-5-3-4-6-22(26)25-32(21,29)30/h7-10,12-13H,2-6,11,14H2,1H3. The Bertz CT molecular complexity index is 1210. The number of fused-ring (bicyclic) bond motifs is 3. The van der Waals surface area contributed by atoms with E-state index in [1.807, 2.05) is 24.0 Å². The van der Waals surface area contributed by atoms with E-state index in [4.69, 9.17) is 16.3 Å². The molecule has 2 aromatic carbocycles. The first-order valence-electron chi connectivity index (χ1n) is 10.5. The molecular weight excluding hydrogens is 452 g/mol. The molecule has 4 rings (SSSR count). The van der Waals surface area contributed by atoms with Crippen LogP contribution in [0.15, 0.2) is 45.7 Å². The number of rotatable bonds is 5. The van der Waals surface area contributed by atoms with Gasteiger partial charge in [-0.3, -0.25) is 4.79 Å². The first kappa shape index (κ1) is 22.5. The number of ketones is 1. The van der Waals surface area contributed by atoms with Gasteiger partial charge in [-0.15, -0.1) is 4.40 Å². The lowest BCUT2D eigenvalue weighted by Gasteiger charge is -2.30. The van der Waals surface area contributed by atoms with Gasteiger partial charge in [0.05, 0.1) is 16.3 Å². The third-order valence-corrected chi connectivity index (χ3v) is 7.32. The monoisotopic (exact) mass is 474 g/mol. The lowest BCUT2D eigenvalue weighted by Crippen LogP contribution is -2.35. The largest absolute Gasteiger partial charge is 0.454 e. The highest BCUT2D eigenvalue weighted by atomic mass is 35.5. The molecule has 1 fully saturated rings. The fourth-order valence-electron chi connectivity index (χ4n) is 3.87. The third kappa shape index (κ3) is 4.42. The Morgan fingerprint density at radius 1 is 1.12 bits per heavy atom. The summed E-state index contributed by atoms with van der Waals surface area (Å²) in [4.78, 5) is 26.8. The molecule has 2 aliphatic rings. The molecule has 0 bridgehead atoms. The van der Waals surface area contributed by atoms with E-state index in [1.54, 1.807) is 12.1 Å². The molecule has 0 spiro atoms. The van der Waals surface area contributed by atoms with Crippen molar-refractivity contribution in [1.82, 2.24) is 0 Å². The second kappa shape index (κ2) is 9.03. The smallest absolute Gasteiger partial charge is 0.340 e. The second-order valence-electron chi connectivity index (χ2n) is 7.79. The summed E-state index contributed by atoms with van der Waals surface area (Å²) in [5.74, 6) is -0.722. The van der Waals surface area contributed by atoms with Crippen molar-refractivity contribution >= 4 is 44.9 Å². The average molecular weight is 475 g/mol. The Morgan fingerprint density at radius 2 is 1.88 bits per heavy atom. The first-order valence-corrected chi connectivity index (χ1v) is 12.4. The Morgan fingerprint density at radius 3 is 2.59 bits per heavy atom. The van der Waals surface area contributed by atoms with Crippen molar-refractivity contribution in [2.45, 2.75) is 43.9 Å². The van der Waals surface area contributed by atoms with Gasteiger partial charge in [-0.25, -0.2) is 4.79 Å². The number of halogens is 1. The van der Waals surface area contributed by atoms with Crippen molar-refractivity contribution in [1.29, 1.82) is 0 Å². The molecule has 2 aliphatic heterocycles. The van der Waals surface area contributed by atoms with E-state index in [1.165, 1.54) is 12.1 Å². The average Bonchev–Trinajstić information content (AvgIpc) is 3.01. The van der Waals surface area contributed by atoms with Gasteiger partial charge in [0.25, 0.3) is 10.0 Å². The molecule has 2 aromatic rings. The molecule has 0 atom stereocenters. The summed E-state index contributed by atoms with van der Waals surface area (Å²) in [6.07, 6.45) is 4.18. The van der Waals surface area contributed by atoms with Crippen LogP contribution in [0.25, 0.3) is 0 Å². The van der Waals surface area contributed by atoms with Crippen molar-refractivity contribution in [3.63, 3.8) is 0 Å². The summed E-state index contributed by atoms with van der Waals surface area (Å²) in [6.45, 7) is 2.17. The minimum atomic E-state index is -3.97. The van der Waals surface area contributed by atoms with Gasteiger partial charge in [0.2, 0.25) is 0 Å². The van der Waals surface area contributed by atoms with Crippen LogP contribution in [0.4, 0.5) is 5.69 Å². The van der Waals surface area contributed by atoms with Crippen LogP contribution in [0.5, 0.6) is 0 Å². The number of carbonyl (C=O) groups excluding carboxylic acids is 2. The molecule has 7 nitrogen and oxygen atoms in total. The molecule has 0 aliphatic carbocycles. The summed E-state index contributed by atoms with van der Waals surface area (Å²) in [5.41, 5.74) is 1.83. The highest BCUT2D eigenvalue weighted by Crippen LogP contribution is 2.38. The molecule has 0 radical (unpaired) electrons. The van der Waals surface area contributed by atoms with Crippen molar-refractivity contribution in [3.05, 3.63) is 58.1 Å². The van der Waals surface area contributed by atoms with Gasteiger partial charge in [-0.05, 0) is 37.0 Å². The molecule has 2 heterocycles. The van der Waals surface area contributed by atoms with E-state index in [9.17, 15) is 18.0 Å². The topological polar surface area (TPSA) is 93.1 Å². The van der Waals surface area contributed by atoms with Crippen LogP contribution < -0.4 is 4.90 Å². The SMILES string of the molecule is CCc1ccc(C(=O)COC(=O)c2cc3c(cc2Cl)N2CCCCCC2=NS3(=O)=O)cc1. The maximum atomic E-state index is 12.8. The van der Waals surface area contributed by atoms with Crippen LogP contribution in [0, 0.1) is 0 Å². The summed E-state index contributed by atoms with van der Waals surface area (Å²) in [5, 5.41) is 0.0641. The molecule has 0 saturated carbocycles. The van der Waals surface area contributed by atoms with Crippen molar-refractivity contribution in [2.24, 2.45) is 4.40 Å². The van der Waals surface area contributed by atoms with Gasteiger partial charge in [-0.1, -0.05) is 49.2 Å². The normalized spacial score (nSPS) is 16.9. The van der Waals surface area contributed by atoms with E-state index in [0.29, 0.717) is 30.1 Å². The number of amidine groups is 1. The number of benzene rings is 2. The van der Waals surface area contributed by atoms with Gasteiger partial charge in [-0.2, -0.15) is 8.42 Å². The van der Waals surface area contributed by atoms with E-state index in [2.05, 4.69) is 4.40 Å². The van der Waals surface area contributed by atoms with Crippen LogP contribution in [0.1, 0.15) is 58.9 Å². The molecule has 0 aromatic heterocycles. The number of carbonyl (C=O) groups is 2. The molecule has 32 heavy (non-hydrogen) atoms. The molecule has 1 saturated heterocycles. The molecular formula is C23H23ClN2O5S.